The van der Waals surface area contributed by atoms with Crippen LogP contribution in [0.25, 0.3) is 0 Å². The number of rotatable bonds is 6. The van der Waals surface area contributed by atoms with Crippen LogP contribution in [0.1, 0.15) is 49.2 Å². The highest BCUT2D eigenvalue weighted by atomic mass is 19.4. The lowest BCUT2D eigenvalue weighted by Gasteiger charge is -2.23. The number of nitrogens with one attached hydrogen (secondary N) is 1. The third-order valence-corrected chi connectivity index (χ3v) is 5.45. The number of nitrogens with zero attached hydrogens (tertiary/aromatic N) is 3. The minimum absolute atomic E-state index is 0.0748. The maximum atomic E-state index is 13.2. The lowest BCUT2D eigenvalue weighted by atomic mass is 10.1. The van der Waals surface area contributed by atoms with Crippen molar-refractivity contribution in [2.45, 2.75) is 59.7 Å². The van der Waals surface area contributed by atoms with E-state index in [-0.39, 0.29) is 18.0 Å². The lowest BCUT2D eigenvalue weighted by Crippen LogP contribution is -2.22. The van der Waals surface area contributed by atoms with E-state index in [4.69, 9.17) is 0 Å². The average Bonchev–Trinajstić information content (AvgIpc) is 3.25. The van der Waals surface area contributed by atoms with Gasteiger partial charge in [-0.1, -0.05) is 13.8 Å². The third-order valence-electron chi connectivity index (χ3n) is 5.45. The van der Waals surface area contributed by atoms with Gasteiger partial charge in [0.05, 0.1) is 29.1 Å². The second-order valence-electron chi connectivity index (χ2n) is 8.37. The predicted octanol–water partition coefficient (Wildman–Crippen LogP) is 4.96. The normalized spacial score (nSPS) is 14.6. The number of anilines is 2. The predicted molar refractivity (Wildman–Crippen MR) is 112 cm³/mol. The van der Waals surface area contributed by atoms with Gasteiger partial charge in [0.25, 0.3) is 0 Å². The van der Waals surface area contributed by atoms with Gasteiger partial charge in [-0.15, -0.1) is 0 Å². The van der Waals surface area contributed by atoms with Crippen molar-refractivity contribution in [1.82, 2.24) is 9.78 Å². The van der Waals surface area contributed by atoms with Gasteiger partial charge in [0.1, 0.15) is 0 Å². The molecule has 164 valence electrons. The van der Waals surface area contributed by atoms with Crippen LogP contribution in [0.5, 0.6) is 0 Å². The van der Waals surface area contributed by atoms with Crippen LogP contribution in [0.3, 0.4) is 0 Å². The van der Waals surface area contributed by atoms with E-state index in [2.05, 4.69) is 24.3 Å². The van der Waals surface area contributed by atoms with Crippen LogP contribution in [-0.4, -0.2) is 28.8 Å². The molecule has 5 nitrogen and oxygen atoms in total. The first-order chi connectivity index (χ1) is 14.1. The minimum atomic E-state index is -4.46. The van der Waals surface area contributed by atoms with Crippen molar-refractivity contribution in [3.8, 4) is 0 Å². The molecule has 2 heterocycles. The Balaban J connectivity index is 1.84. The number of aryl methyl sites for hydroxylation is 1. The standard InChI is InChI=1S/C22H29F3N4O/c1-14(2)13-29-16(4)18(15(3)27-29)12-21(30)26-19-11-17(22(23,24)25)7-8-20(19)28-9-5-6-10-28/h7-8,11,14H,5-6,9-10,12-13H2,1-4H3,(H,26,30). The van der Waals surface area contributed by atoms with Crippen molar-refractivity contribution in [3.63, 3.8) is 0 Å². The monoisotopic (exact) mass is 422 g/mol. The first-order valence-electron chi connectivity index (χ1n) is 10.3. The molecule has 1 amide bonds. The molecule has 30 heavy (non-hydrogen) atoms. The largest absolute Gasteiger partial charge is 0.416 e. The number of hydrogen-bond acceptors (Lipinski definition) is 3. The second kappa shape index (κ2) is 8.70. The van der Waals surface area contributed by atoms with E-state index >= 15 is 0 Å². The van der Waals surface area contributed by atoms with Crippen molar-refractivity contribution in [3.05, 3.63) is 40.7 Å². The number of halogens is 3. The summed E-state index contributed by atoms with van der Waals surface area (Å²) in [5.41, 5.74) is 2.59. The molecule has 0 aliphatic carbocycles. The van der Waals surface area contributed by atoms with Crippen LogP contribution < -0.4 is 10.2 Å². The second-order valence-corrected chi connectivity index (χ2v) is 8.37. The molecule has 0 spiro atoms. The van der Waals surface area contributed by atoms with Crippen LogP contribution in [-0.2, 0) is 23.9 Å². The SMILES string of the molecule is Cc1nn(CC(C)C)c(C)c1CC(=O)Nc1cc(C(F)(F)F)ccc1N1CCCC1. The molecular formula is C22H29F3N4O. The quantitative estimate of drug-likeness (QED) is 0.716. The Bertz CT molecular complexity index is 912. The highest BCUT2D eigenvalue weighted by Crippen LogP contribution is 2.36. The summed E-state index contributed by atoms with van der Waals surface area (Å²) in [4.78, 5) is 14.8. The van der Waals surface area contributed by atoms with Crippen molar-refractivity contribution in [1.29, 1.82) is 0 Å². The Hall–Kier alpha value is -2.51. The summed E-state index contributed by atoms with van der Waals surface area (Å²) < 4.78 is 41.6. The highest BCUT2D eigenvalue weighted by molar-refractivity contribution is 5.96. The van der Waals surface area contributed by atoms with Gasteiger partial charge in [-0.25, -0.2) is 0 Å². The highest BCUT2D eigenvalue weighted by Gasteiger charge is 2.32. The Morgan fingerprint density at radius 3 is 2.47 bits per heavy atom. The molecule has 1 aliphatic heterocycles. The molecule has 2 aromatic rings. The smallest absolute Gasteiger partial charge is 0.370 e. The van der Waals surface area contributed by atoms with Gasteiger partial charge in [0.15, 0.2) is 0 Å². The van der Waals surface area contributed by atoms with Crippen molar-refractivity contribution < 1.29 is 18.0 Å². The van der Waals surface area contributed by atoms with E-state index in [9.17, 15) is 18.0 Å². The Kier molecular flexibility index (Phi) is 6.43. The van der Waals surface area contributed by atoms with E-state index in [0.29, 0.717) is 11.6 Å². The molecule has 1 aliphatic rings. The molecule has 0 radical (unpaired) electrons. The fourth-order valence-corrected chi connectivity index (χ4v) is 3.91. The van der Waals surface area contributed by atoms with E-state index in [1.807, 2.05) is 23.4 Å². The number of benzene rings is 1. The van der Waals surface area contributed by atoms with Crippen LogP contribution in [0.4, 0.5) is 24.5 Å². The first-order valence-corrected chi connectivity index (χ1v) is 10.3. The van der Waals surface area contributed by atoms with Crippen molar-refractivity contribution in [2.75, 3.05) is 23.3 Å². The summed E-state index contributed by atoms with van der Waals surface area (Å²) in [6, 6.07) is 3.57. The summed E-state index contributed by atoms with van der Waals surface area (Å²) in [6.07, 6.45) is -2.41. The Morgan fingerprint density at radius 1 is 1.20 bits per heavy atom. The Morgan fingerprint density at radius 2 is 1.87 bits per heavy atom. The van der Waals surface area contributed by atoms with Crippen molar-refractivity contribution in [2.24, 2.45) is 5.92 Å². The molecule has 8 heteroatoms. The number of carbonyl (C=O) groups excluding carboxylic acids is 1. The minimum Gasteiger partial charge on any atom is -0.370 e. The maximum Gasteiger partial charge on any atom is 0.416 e. The summed E-state index contributed by atoms with van der Waals surface area (Å²) in [7, 11) is 0. The van der Waals surface area contributed by atoms with Crippen LogP contribution in [0.15, 0.2) is 18.2 Å². The molecule has 0 unspecified atom stereocenters. The van der Waals surface area contributed by atoms with E-state index in [1.165, 1.54) is 6.07 Å². The summed E-state index contributed by atoms with van der Waals surface area (Å²) >= 11 is 0. The van der Waals surface area contributed by atoms with Gasteiger partial charge in [-0.2, -0.15) is 18.3 Å². The molecule has 1 fully saturated rings. The molecule has 1 N–H and O–H groups in total. The van der Waals surface area contributed by atoms with Crippen LogP contribution in [0.2, 0.25) is 0 Å². The van der Waals surface area contributed by atoms with Gasteiger partial charge < -0.3 is 10.2 Å². The van der Waals surface area contributed by atoms with Crippen LogP contribution >= 0.6 is 0 Å². The first kappa shape index (κ1) is 22.2. The van der Waals surface area contributed by atoms with Gasteiger partial charge in [0, 0.05) is 30.9 Å². The third kappa shape index (κ3) is 4.96. The molecular weight excluding hydrogens is 393 g/mol. The summed E-state index contributed by atoms with van der Waals surface area (Å²) in [6.45, 7) is 10.3. The molecule has 1 aromatic carbocycles. The zero-order valence-corrected chi connectivity index (χ0v) is 17.9. The number of hydrogen-bond donors (Lipinski definition) is 1. The number of alkyl halides is 3. The van der Waals surface area contributed by atoms with Gasteiger partial charge in [0.2, 0.25) is 5.91 Å². The molecule has 0 atom stereocenters. The number of carbonyl (C=O) groups is 1. The Labute approximate surface area is 175 Å². The van der Waals surface area contributed by atoms with Gasteiger partial charge >= 0.3 is 6.18 Å². The fraction of sp³-hybridized carbons (Fsp3) is 0.545. The zero-order valence-electron chi connectivity index (χ0n) is 17.9. The topological polar surface area (TPSA) is 50.2 Å². The molecule has 0 saturated carbocycles. The van der Waals surface area contributed by atoms with E-state index in [0.717, 1.165) is 61.6 Å². The molecule has 3 rings (SSSR count). The fourth-order valence-electron chi connectivity index (χ4n) is 3.91. The number of aromatic nitrogens is 2. The molecule has 1 aromatic heterocycles. The lowest BCUT2D eigenvalue weighted by molar-refractivity contribution is -0.137. The van der Waals surface area contributed by atoms with E-state index in [1.54, 1.807) is 0 Å². The maximum absolute atomic E-state index is 13.2. The molecule has 1 saturated heterocycles. The van der Waals surface area contributed by atoms with E-state index < -0.39 is 11.7 Å². The molecule has 0 bridgehead atoms. The zero-order chi connectivity index (χ0) is 22.1. The summed E-state index contributed by atoms with van der Waals surface area (Å²) in [5.74, 6) is 0.0721. The number of amides is 1. The van der Waals surface area contributed by atoms with Crippen LogP contribution in [0, 0.1) is 19.8 Å². The average molecular weight is 422 g/mol. The van der Waals surface area contributed by atoms with Crippen molar-refractivity contribution >= 4 is 17.3 Å². The summed E-state index contributed by atoms with van der Waals surface area (Å²) in [5, 5.41) is 7.25. The van der Waals surface area contributed by atoms with Gasteiger partial charge in [-0.3, -0.25) is 9.48 Å². The van der Waals surface area contributed by atoms with Gasteiger partial charge in [-0.05, 0) is 50.8 Å².